The van der Waals surface area contributed by atoms with E-state index in [1.54, 1.807) is 6.07 Å². The number of halogens is 6. The zero-order valence-corrected chi connectivity index (χ0v) is 24.1. The maximum absolute atomic E-state index is 12.7. The smallest absolute Gasteiger partial charge is 0.451 e. The standard InChI is InChI=1S/C15H11F3S.C10H11N3O6.C3H5F3/c16-15(17,18)13-6-5-11-7-10-3-1-2-4-12(10)9-19-14(11)8-13;1-17-10(16)19-5-18-8-6(14)2-3-13-7(8)9(15)11-4-12-13;1-2-3(4,5)6/h1-6,8H,7,9H2;2-3,12H,4-5H2,1H3,(H,11,15);2H2,1H3. The summed E-state index contributed by atoms with van der Waals surface area (Å²) >= 11 is 1.48. The van der Waals surface area contributed by atoms with Gasteiger partial charge in [-0.2, -0.15) is 26.3 Å². The zero-order chi connectivity index (χ0) is 32.5. The summed E-state index contributed by atoms with van der Waals surface area (Å²) in [5.74, 6) is 0.0467. The van der Waals surface area contributed by atoms with E-state index in [2.05, 4.69) is 20.2 Å². The average molecular weight is 648 g/mol. The molecule has 2 N–H and O–H groups in total. The Kier molecular flexibility index (Phi) is 11.6. The van der Waals surface area contributed by atoms with Gasteiger partial charge in [0.2, 0.25) is 18.0 Å². The lowest BCUT2D eigenvalue weighted by molar-refractivity contribution is -0.137. The van der Waals surface area contributed by atoms with Crippen molar-refractivity contribution in [3.63, 3.8) is 0 Å². The Labute approximate surface area is 251 Å². The summed E-state index contributed by atoms with van der Waals surface area (Å²) in [6.45, 7) is 0.777. The molecule has 238 valence electrons. The first kappa shape index (κ1) is 34.2. The molecule has 0 bridgehead atoms. The van der Waals surface area contributed by atoms with Crippen LogP contribution in [0.3, 0.4) is 0 Å². The van der Waals surface area contributed by atoms with Crippen molar-refractivity contribution >= 4 is 23.8 Å². The number of amides is 1. The van der Waals surface area contributed by atoms with Gasteiger partial charge >= 0.3 is 18.5 Å². The van der Waals surface area contributed by atoms with Gasteiger partial charge in [-0.3, -0.25) is 14.3 Å². The van der Waals surface area contributed by atoms with Crippen LogP contribution in [0.2, 0.25) is 0 Å². The van der Waals surface area contributed by atoms with E-state index >= 15 is 0 Å². The van der Waals surface area contributed by atoms with Gasteiger partial charge in [-0.15, -0.1) is 11.8 Å². The molecule has 2 aromatic carbocycles. The minimum Gasteiger partial charge on any atom is -0.451 e. The lowest BCUT2D eigenvalue weighted by Crippen LogP contribution is -2.43. The summed E-state index contributed by atoms with van der Waals surface area (Å²) in [6, 6.07) is 13.3. The number of carbonyl (C=O) groups excluding carboxylic acids is 2. The number of benzene rings is 2. The molecule has 3 aromatic rings. The molecule has 0 saturated carbocycles. The number of methoxy groups -OCH3 is 1. The van der Waals surface area contributed by atoms with Gasteiger partial charge in [0, 0.05) is 29.3 Å². The van der Waals surface area contributed by atoms with Crippen molar-refractivity contribution in [3.05, 3.63) is 92.9 Å². The Hall–Kier alpha value is -4.34. The van der Waals surface area contributed by atoms with Crippen molar-refractivity contribution < 1.29 is 50.1 Å². The van der Waals surface area contributed by atoms with Crippen molar-refractivity contribution in [1.82, 2.24) is 9.99 Å². The lowest BCUT2D eigenvalue weighted by Gasteiger charge is -2.22. The number of carbonyl (C=O) groups is 2. The summed E-state index contributed by atoms with van der Waals surface area (Å²) in [5.41, 5.74) is 5.13. The molecule has 44 heavy (non-hydrogen) atoms. The first-order valence-corrected chi connectivity index (χ1v) is 13.8. The molecular formula is C28H27F6N3O6S. The second-order valence-corrected chi connectivity index (χ2v) is 9.97. The van der Waals surface area contributed by atoms with Gasteiger partial charge in [-0.1, -0.05) is 37.3 Å². The van der Waals surface area contributed by atoms with Crippen molar-refractivity contribution in [2.75, 3.05) is 26.0 Å². The molecule has 0 saturated heterocycles. The number of pyridine rings is 1. The fraction of sp³-hybridized carbons (Fsp3) is 0.321. The summed E-state index contributed by atoms with van der Waals surface area (Å²) in [7, 11) is 1.14. The topological polar surface area (TPSA) is 108 Å². The lowest BCUT2D eigenvalue weighted by atomic mass is 10.00. The predicted molar refractivity (Wildman–Crippen MR) is 148 cm³/mol. The van der Waals surface area contributed by atoms with Crippen LogP contribution in [-0.4, -0.2) is 43.5 Å². The SMILES string of the molecule is CCC(F)(F)F.COC(=O)OCOc1c2n(ccc1=O)NCNC2=O.FC(F)(F)c1ccc2c(c1)SCc1ccccc1C2. The number of rotatable bonds is 3. The monoisotopic (exact) mass is 647 g/mol. The van der Waals surface area contributed by atoms with E-state index in [0.717, 1.165) is 30.2 Å². The van der Waals surface area contributed by atoms with Gasteiger partial charge in [0.05, 0.1) is 12.7 Å². The molecule has 16 heteroatoms. The molecule has 9 nitrogen and oxygen atoms in total. The number of nitrogens with zero attached hydrogens (tertiary/aromatic N) is 1. The van der Waals surface area contributed by atoms with E-state index in [-0.39, 0.29) is 18.1 Å². The van der Waals surface area contributed by atoms with Crippen LogP contribution >= 0.6 is 11.8 Å². The average Bonchev–Trinajstić information content (AvgIpc) is 3.17. The van der Waals surface area contributed by atoms with E-state index in [4.69, 9.17) is 4.74 Å². The highest BCUT2D eigenvalue weighted by atomic mass is 32.2. The van der Waals surface area contributed by atoms with E-state index in [1.807, 2.05) is 24.3 Å². The number of ether oxygens (including phenoxy) is 3. The molecule has 3 heterocycles. The van der Waals surface area contributed by atoms with Crippen molar-refractivity contribution in [2.45, 2.75) is 42.8 Å². The van der Waals surface area contributed by atoms with Crippen LogP contribution in [0.1, 0.15) is 46.1 Å². The maximum Gasteiger partial charge on any atom is 0.510 e. The van der Waals surface area contributed by atoms with Crippen LogP contribution in [0.15, 0.2) is 64.4 Å². The maximum atomic E-state index is 12.7. The quantitative estimate of drug-likeness (QED) is 0.200. The van der Waals surface area contributed by atoms with E-state index in [9.17, 15) is 40.7 Å². The molecule has 2 aliphatic heterocycles. The second kappa shape index (κ2) is 14.9. The molecule has 0 unspecified atom stereocenters. The van der Waals surface area contributed by atoms with Gasteiger partial charge in [-0.25, -0.2) is 4.79 Å². The molecule has 0 fully saturated rings. The number of aromatic nitrogens is 1. The van der Waals surface area contributed by atoms with Crippen molar-refractivity contribution in [3.8, 4) is 5.75 Å². The van der Waals surface area contributed by atoms with Crippen LogP contribution in [0.4, 0.5) is 31.1 Å². The first-order valence-electron chi connectivity index (χ1n) is 12.8. The summed E-state index contributed by atoms with van der Waals surface area (Å²) in [6.07, 6.45) is -7.80. The summed E-state index contributed by atoms with van der Waals surface area (Å²) in [4.78, 5) is 34.8. The van der Waals surface area contributed by atoms with Gasteiger partial charge in [0.15, 0.2) is 5.69 Å². The van der Waals surface area contributed by atoms with Gasteiger partial charge < -0.3 is 25.0 Å². The number of hydrogen-bond donors (Lipinski definition) is 2. The number of fused-ring (bicyclic) bond motifs is 3. The zero-order valence-electron chi connectivity index (χ0n) is 23.3. The highest BCUT2D eigenvalue weighted by Gasteiger charge is 2.31. The first-order chi connectivity index (χ1) is 20.7. The van der Waals surface area contributed by atoms with Crippen LogP contribution in [0.25, 0.3) is 0 Å². The molecule has 0 aliphatic carbocycles. The number of nitrogens with one attached hydrogen (secondary N) is 2. The fourth-order valence-electron chi connectivity index (χ4n) is 3.73. The van der Waals surface area contributed by atoms with Gasteiger partial charge in [-0.05, 0) is 35.2 Å². The normalized spacial score (nSPS) is 13.4. The van der Waals surface area contributed by atoms with E-state index in [1.165, 1.54) is 52.0 Å². The van der Waals surface area contributed by atoms with Crippen LogP contribution in [0.5, 0.6) is 5.75 Å². The van der Waals surface area contributed by atoms with Crippen LogP contribution in [-0.2, 0) is 27.8 Å². The summed E-state index contributed by atoms with van der Waals surface area (Å²) < 4.78 is 85.6. The predicted octanol–water partition coefficient (Wildman–Crippen LogP) is 6.07. The third-order valence-corrected chi connectivity index (χ3v) is 7.14. The summed E-state index contributed by atoms with van der Waals surface area (Å²) in [5, 5.41) is 2.49. The largest absolute Gasteiger partial charge is 0.510 e. The highest BCUT2D eigenvalue weighted by Crippen LogP contribution is 2.38. The number of hydrogen-bond acceptors (Lipinski definition) is 8. The van der Waals surface area contributed by atoms with Gasteiger partial charge in [0.25, 0.3) is 5.91 Å². The molecule has 5 rings (SSSR count). The highest BCUT2D eigenvalue weighted by molar-refractivity contribution is 7.98. The van der Waals surface area contributed by atoms with Gasteiger partial charge in [0.1, 0.15) is 6.67 Å². The van der Waals surface area contributed by atoms with Crippen LogP contribution in [0, 0.1) is 0 Å². The Morgan fingerprint density at radius 3 is 2.32 bits per heavy atom. The molecule has 0 atom stereocenters. The Morgan fingerprint density at radius 2 is 1.68 bits per heavy atom. The number of alkyl halides is 6. The number of thioether (sulfide) groups is 1. The van der Waals surface area contributed by atoms with Crippen molar-refractivity contribution in [2.24, 2.45) is 0 Å². The van der Waals surface area contributed by atoms with Crippen molar-refractivity contribution in [1.29, 1.82) is 0 Å². The minimum atomic E-state index is -4.27. The van der Waals surface area contributed by atoms with E-state index in [0.29, 0.717) is 6.42 Å². The molecule has 1 amide bonds. The van der Waals surface area contributed by atoms with Crippen LogP contribution < -0.4 is 20.9 Å². The second-order valence-electron chi connectivity index (χ2n) is 8.95. The third-order valence-electron chi connectivity index (χ3n) is 5.99. The van der Waals surface area contributed by atoms with E-state index < -0.39 is 48.6 Å². The molecule has 0 radical (unpaired) electrons. The Morgan fingerprint density at radius 1 is 1.00 bits per heavy atom. The molecular weight excluding hydrogens is 620 g/mol. The Balaban J connectivity index is 0.000000204. The molecule has 1 aromatic heterocycles. The molecule has 2 aliphatic rings. The third kappa shape index (κ3) is 9.59. The minimum absolute atomic E-state index is 0.00668. The fourth-order valence-corrected chi connectivity index (χ4v) is 4.86. The Bertz CT molecular complexity index is 1530. The molecule has 0 spiro atoms.